The average Bonchev–Trinajstić information content (AvgIpc) is 2.91. The Morgan fingerprint density at radius 3 is 2.95 bits per heavy atom. The lowest BCUT2D eigenvalue weighted by atomic mass is 10.1. The quantitative estimate of drug-likeness (QED) is 0.808. The molecule has 1 aliphatic heterocycles. The molecule has 5 heteroatoms. The largest absolute Gasteiger partial charge is 0.461 e. The van der Waals surface area contributed by atoms with E-state index in [0.717, 1.165) is 16.9 Å². The van der Waals surface area contributed by atoms with Gasteiger partial charge in [-0.05, 0) is 26.1 Å². The summed E-state index contributed by atoms with van der Waals surface area (Å²) >= 11 is 1.68. The SMILES string of the molecule is C[C@H]1C[C@@H](N(C)Cc2nc3ccccc3s2)C(=O)O1. The van der Waals surface area contributed by atoms with E-state index in [1.54, 1.807) is 11.3 Å². The van der Waals surface area contributed by atoms with E-state index in [9.17, 15) is 4.79 Å². The molecule has 2 atom stereocenters. The highest BCUT2D eigenvalue weighted by molar-refractivity contribution is 7.18. The highest BCUT2D eigenvalue weighted by Gasteiger charge is 2.34. The van der Waals surface area contributed by atoms with Crippen LogP contribution in [0.25, 0.3) is 10.2 Å². The minimum absolute atomic E-state index is 0.0234. The van der Waals surface area contributed by atoms with E-state index in [1.165, 1.54) is 4.70 Å². The van der Waals surface area contributed by atoms with E-state index in [0.29, 0.717) is 6.54 Å². The number of hydrogen-bond donors (Lipinski definition) is 0. The summed E-state index contributed by atoms with van der Waals surface area (Å²) in [4.78, 5) is 18.3. The van der Waals surface area contributed by atoms with Crippen LogP contribution in [0.5, 0.6) is 0 Å². The molecule has 0 radical (unpaired) electrons. The summed E-state index contributed by atoms with van der Waals surface area (Å²) in [6.45, 7) is 2.62. The van der Waals surface area contributed by atoms with Gasteiger partial charge >= 0.3 is 5.97 Å². The van der Waals surface area contributed by atoms with Gasteiger partial charge in [-0.2, -0.15) is 0 Å². The minimum atomic E-state index is -0.137. The van der Waals surface area contributed by atoms with Crippen molar-refractivity contribution in [2.75, 3.05) is 7.05 Å². The molecule has 2 heterocycles. The van der Waals surface area contributed by atoms with Crippen LogP contribution in [0.3, 0.4) is 0 Å². The maximum atomic E-state index is 11.7. The second-order valence-electron chi connectivity index (χ2n) is 4.99. The van der Waals surface area contributed by atoms with Crippen molar-refractivity contribution in [3.63, 3.8) is 0 Å². The molecule has 1 saturated heterocycles. The molecule has 1 aromatic heterocycles. The maximum absolute atomic E-state index is 11.7. The third-order valence-corrected chi connectivity index (χ3v) is 4.42. The van der Waals surface area contributed by atoms with E-state index in [1.807, 2.05) is 37.1 Å². The number of cyclic esters (lactones) is 1. The molecule has 0 saturated carbocycles. The third-order valence-electron chi connectivity index (χ3n) is 3.40. The average molecular weight is 276 g/mol. The van der Waals surface area contributed by atoms with Crippen LogP contribution in [0.15, 0.2) is 24.3 Å². The number of ether oxygens (including phenoxy) is 1. The van der Waals surface area contributed by atoms with E-state index in [4.69, 9.17) is 4.74 Å². The molecular weight excluding hydrogens is 260 g/mol. The molecule has 1 aromatic carbocycles. The fraction of sp³-hybridized carbons (Fsp3) is 0.429. The van der Waals surface area contributed by atoms with Crippen LogP contribution in [-0.4, -0.2) is 35.0 Å². The number of benzene rings is 1. The number of rotatable bonds is 3. The van der Waals surface area contributed by atoms with Crippen molar-refractivity contribution >= 4 is 27.5 Å². The van der Waals surface area contributed by atoms with Crippen LogP contribution in [-0.2, 0) is 16.1 Å². The predicted octanol–water partition coefficient (Wildman–Crippen LogP) is 2.43. The van der Waals surface area contributed by atoms with Crippen molar-refractivity contribution in [3.05, 3.63) is 29.3 Å². The Morgan fingerprint density at radius 1 is 1.47 bits per heavy atom. The Kier molecular flexibility index (Phi) is 3.24. The molecule has 1 fully saturated rings. The molecule has 0 aliphatic carbocycles. The van der Waals surface area contributed by atoms with E-state index < -0.39 is 0 Å². The van der Waals surface area contributed by atoms with Crippen LogP contribution in [0.4, 0.5) is 0 Å². The summed E-state index contributed by atoms with van der Waals surface area (Å²) in [6, 6.07) is 7.96. The molecule has 2 aromatic rings. The van der Waals surface area contributed by atoms with Crippen molar-refractivity contribution in [3.8, 4) is 0 Å². The number of hydrogen-bond acceptors (Lipinski definition) is 5. The normalized spacial score (nSPS) is 23.2. The fourth-order valence-electron chi connectivity index (χ4n) is 2.41. The van der Waals surface area contributed by atoms with Gasteiger partial charge in [-0.3, -0.25) is 9.69 Å². The zero-order chi connectivity index (χ0) is 13.4. The Bertz CT molecular complexity index is 577. The second-order valence-corrected chi connectivity index (χ2v) is 6.10. The van der Waals surface area contributed by atoms with Crippen LogP contribution in [0.1, 0.15) is 18.4 Å². The molecule has 4 nitrogen and oxygen atoms in total. The predicted molar refractivity (Wildman–Crippen MR) is 75.0 cm³/mol. The van der Waals surface area contributed by atoms with Gasteiger partial charge in [-0.25, -0.2) is 4.98 Å². The van der Waals surface area contributed by atoms with Crippen molar-refractivity contribution in [1.29, 1.82) is 0 Å². The van der Waals surface area contributed by atoms with Crippen LogP contribution in [0, 0.1) is 0 Å². The number of fused-ring (bicyclic) bond motifs is 1. The van der Waals surface area contributed by atoms with Gasteiger partial charge in [0.1, 0.15) is 17.2 Å². The monoisotopic (exact) mass is 276 g/mol. The first-order chi connectivity index (χ1) is 9.13. The van der Waals surface area contributed by atoms with Gasteiger partial charge in [0.2, 0.25) is 0 Å². The number of nitrogens with zero attached hydrogens (tertiary/aromatic N) is 2. The Labute approximate surface area is 116 Å². The van der Waals surface area contributed by atoms with E-state index in [-0.39, 0.29) is 18.1 Å². The molecule has 0 spiro atoms. The third kappa shape index (κ3) is 2.48. The number of aromatic nitrogens is 1. The van der Waals surface area contributed by atoms with Gasteiger partial charge in [0, 0.05) is 6.42 Å². The molecule has 3 rings (SSSR count). The van der Waals surface area contributed by atoms with Gasteiger partial charge in [0.15, 0.2) is 0 Å². The van der Waals surface area contributed by atoms with Gasteiger partial charge in [-0.1, -0.05) is 12.1 Å². The Balaban J connectivity index is 1.75. The van der Waals surface area contributed by atoms with Crippen molar-refractivity contribution in [2.45, 2.75) is 32.0 Å². The maximum Gasteiger partial charge on any atom is 0.323 e. The Morgan fingerprint density at radius 2 is 2.26 bits per heavy atom. The van der Waals surface area contributed by atoms with Crippen LogP contribution in [0.2, 0.25) is 0 Å². The van der Waals surface area contributed by atoms with E-state index >= 15 is 0 Å². The number of carbonyl (C=O) groups excluding carboxylic acids is 1. The smallest absolute Gasteiger partial charge is 0.323 e. The van der Waals surface area contributed by atoms with Crippen LogP contribution < -0.4 is 0 Å². The summed E-state index contributed by atoms with van der Waals surface area (Å²) in [5, 5.41) is 1.04. The molecule has 100 valence electrons. The van der Waals surface area contributed by atoms with Crippen LogP contribution >= 0.6 is 11.3 Å². The number of esters is 1. The lowest BCUT2D eigenvalue weighted by Crippen LogP contribution is -2.34. The molecule has 0 amide bonds. The van der Waals surface area contributed by atoms with Gasteiger partial charge < -0.3 is 4.74 Å². The van der Waals surface area contributed by atoms with Gasteiger partial charge in [0.05, 0.1) is 16.8 Å². The highest BCUT2D eigenvalue weighted by atomic mass is 32.1. The standard InChI is InChI=1S/C14H16N2O2S/c1-9-7-11(14(17)18-9)16(2)8-13-15-10-5-3-4-6-12(10)19-13/h3-6,9,11H,7-8H2,1-2H3/t9-,11+/m0/s1. The van der Waals surface area contributed by atoms with Crippen molar-refractivity contribution in [1.82, 2.24) is 9.88 Å². The van der Waals surface area contributed by atoms with Crippen molar-refractivity contribution < 1.29 is 9.53 Å². The topological polar surface area (TPSA) is 42.4 Å². The minimum Gasteiger partial charge on any atom is -0.461 e. The zero-order valence-corrected chi connectivity index (χ0v) is 11.8. The number of carbonyl (C=O) groups is 1. The number of para-hydroxylation sites is 1. The molecule has 19 heavy (non-hydrogen) atoms. The summed E-state index contributed by atoms with van der Waals surface area (Å²) in [6.07, 6.45) is 0.788. The first-order valence-corrected chi connectivity index (χ1v) is 7.20. The molecule has 0 N–H and O–H groups in total. The zero-order valence-electron chi connectivity index (χ0n) is 11.0. The molecule has 0 bridgehead atoms. The van der Waals surface area contributed by atoms with E-state index in [2.05, 4.69) is 11.1 Å². The van der Waals surface area contributed by atoms with Gasteiger partial charge in [0.25, 0.3) is 0 Å². The van der Waals surface area contributed by atoms with Gasteiger partial charge in [-0.15, -0.1) is 11.3 Å². The first-order valence-electron chi connectivity index (χ1n) is 6.38. The summed E-state index contributed by atoms with van der Waals surface area (Å²) in [7, 11) is 1.95. The summed E-state index contributed by atoms with van der Waals surface area (Å²) in [5.41, 5.74) is 1.03. The fourth-order valence-corrected chi connectivity index (χ4v) is 3.44. The Hall–Kier alpha value is -1.46. The lowest BCUT2D eigenvalue weighted by Gasteiger charge is -2.19. The molecular formula is C14H16N2O2S. The lowest BCUT2D eigenvalue weighted by molar-refractivity contribution is -0.144. The summed E-state index contributed by atoms with van der Waals surface area (Å²) in [5.74, 6) is -0.115. The molecule has 1 aliphatic rings. The molecule has 0 unspecified atom stereocenters. The number of likely N-dealkylation sites (N-methyl/N-ethyl adjacent to an activating group) is 1. The highest BCUT2D eigenvalue weighted by Crippen LogP contribution is 2.25. The second kappa shape index (κ2) is 4.90. The number of thiazole rings is 1. The van der Waals surface area contributed by atoms with Crippen molar-refractivity contribution in [2.24, 2.45) is 0 Å². The first kappa shape index (κ1) is 12.6. The summed E-state index contributed by atoms with van der Waals surface area (Å²) < 4.78 is 6.38.